The van der Waals surface area contributed by atoms with Gasteiger partial charge in [-0.3, -0.25) is 4.90 Å². The largest absolute Gasteiger partial charge is 0.381 e. The van der Waals surface area contributed by atoms with Crippen molar-refractivity contribution in [1.29, 1.82) is 5.26 Å². The van der Waals surface area contributed by atoms with E-state index in [2.05, 4.69) is 16.4 Å². The monoisotopic (exact) mass is 266 g/mol. The molecule has 1 aromatic heterocycles. The van der Waals surface area contributed by atoms with E-state index in [1.807, 2.05) is 0 Å². The van der Waals surface area contributed by atoms with Gasteiger partial charge in [0.25, 0.3) is 0 Å². The van der Waals surface area contributed by atoms with E-state index in [1.165, 1.54) is 37.0 Å². The molecule has 0 N–H and O–H groups in total. The number of anilines is 1. The maximum atomic E-state index is 9.04. The zero-order chi connectivity index (χ0) is 12.6. The van der Waals surface area contributed by atoms with E-state index < -0.39 is 0 Å². The summed E-state index contributed by atoms with van der Waals surface area (Å²) in [5.41, 5.74) is 1.65. The van der Waals surface area contributed by atoms with Crippen LogP contribution in [0.4, 0.5) is 5.13 Å². The average molecular weight is 266 g/mol. The van der Waals surface area contributed by atoms with Gasteiger partial charge in [0, 0.05) is 19.8 Å². The molecule has 1 aromatic rings. The summed E-state index contributed by atoms with van der Waals surface area (Å²) in [7, 11) is 0. The summed E-state index contributed by atoms with van der Waals surface area (Å²) in [6, 6.07) is 0. The van der Waals surface area contributed by atoms with Crippen molar-refractivity contribution >= 4 is 16.5 Å². The Morgan fingerprint density at radius 3 is 2.94 bits per heavy atom. The predicted octanol–water partition coefficient (Wildman–Crippen LogP) is 2.42. The molecule has 2 rings (SSSR count). The van der Waals surface area contributed by atoms with Crippen molar-refractivity contribution in [2.24, 2.45) is 5.92 Å². The zero-order valence-corrected chi connectivity index (χ0v) is 11.2. The van der Waals surface area contributed by atoms with Crippen LogP contribution in [0.3, 0.4) is 0 Å². The minimum Gasteiger partial charge on any atom is -0.381 e. The molecule has 0 atom stereocenters. The Kier molecular flexibility index (Phi) is 5.36. The fourth-order valence-electron chi connectivity index (χ4n) is 2.21. The summed E-state index contributed by atoms with van der Waals surface area (Å²) in [5, 5.41) is 17.4. The van der Waals surface area contributed by atoms with Crippen molar-refractivity contribution in [1.82, 2.24) is 10.2 Å². The summed E-state index contributed by atoms with van der Waals surface area (Å²) >= 11 is 1.41. The van der Waals surface area contributed by atoms with E-state index in [1.54, 1.807) is 10.4 Å². The van der Waals surface area contributed by atoms with Gasteiger partial charge in [-0.05, 0) is 25.2 Å². The van der Waals surface area contributed by atoms with Crippen LogP contribution in [0.15, 0.2) is 5.51 Å². The molecule has 0 unspecified atom stereocenters. The van der Waals surface area contributed by atoms with Gasteiger partial charge >= 0.3 is 0 Å². The Morgan fingerprint density at radius 1 is 1.44 bits per heavy atom. The molecular weight excluding hydrogens is 248 g/mol. The van der Waals surface area contributed by atoms with E-state index in [4.69, 9.17) is 10.00 Å². The lowest BCUT2D eigenvalue weighted by molar-refractivity contribution is 0.0632. The van der Waals surface area contributed by atoms with Crippen molar-refractivity contribution in [3.05, 3.63) is 5.51 Å². The van der Waals surface area contributed by atoms with Crippen molar-refractivity contribution < 1.29 is 4.74 Å². The third kappa shape index (κ3) is 3.93. The summed E-state index contributed by atoms with van der Waals surface area (Å²) in [6.45, 7) is 2.58. The molecule has 0 aliphatic carbocycles. The van der Waals surface area contributed by atoms with Gasteiger partial charge in [-0.1, -0.05) is 24.2 Å². The first kappa shape index (κ1) is 13.2. The first-order valence-corrected chi connectivity index (χ1v) is 7.29. The van der Waals surface area contributed by atoms with Gasteiger partial charge in [-0.25, -0.2) is 0 Å². The van der Waals surface area contributed by atoms with E-state index in [0.29, 0.717) is 5.13 Å². The van der Waals surface area contributed by atoms with Crippen molar-refractivity contribution in [2.45, 2.75) is 32.1 Å². The van der Waals surface area contributed by atoms with Gasteiger partial charge in [-0.15, -0.1) is 10.2 Å². The van der Waals surface area contributed by atoms with Gasteiger partial charge in [0.05, 0.1) is 0 Å². The molecule has 0 bridgehead atoms. The minimum atomic E-state index is 0.698. The lowest BCUT2D eigenvalue weighted by Crippen LogP contribution is -2.19. The number of unbranched alkanes of at least 4 members (excludes halogenated alkanes) is 1. The van der Waals surface area contributed by atoms with Gasteiger partial charge in [0.1, 0.15) is 5.51 Å². The Morgan fingerprint density at radius 2 is 2.28 bits per heavy atom. The number of aromatic nitrogens is 2. The number of hydrogen-bond donors (Lipinski definition) is 0. The summed E-state index contributed by atoms with van der Waals surface area (Å²) in [5.74, 6) is 0.816. The SMILES string of the molecule is N#CN(CCCCC1CCOCC1)c1nncs1. The molecule has 0 amide bonds. The second-order valence-electron chi connectivity index (χ2n) is 4.52. The van der Waals surface area contributed by atoms with E-state index >= 15 is 0 Å². The molecule has 18 heavy (non-hydrogen) atoms. The maximum Gasteiger partial charge on any atom is 0.221 e. The molecule has 0 aromatic carbocycles. The van der Waals surface area contributed by atoms with E-state index in [9.17, 15) is 0 Å². The van der Waals surface area contributed by atoms with Crippen LogP contribution in [-0.2, 0) is 4.74 Å². The molecule has 5 nitrogen and oxygen atoms in total. The van der Waals surface area contributed by atoms with Gasteiger partial charge in [0.2, 0.25) is 5.13 Å². The fourth-order valence-corrected chi connectivity index (χ4v) is 2.75. The normalized spacial score (nSPS) is 16.4. The minimum absolute atomic E-state index is 0.698. The highest BCUT2D eigenvalue weighted by Crippen LogP contribution is 2.21. The number of hydrogen-bond acceptors (Lipinski definition) is 6. The van der Waals surface area contributed by atoms with Crippen LogP contribution in [0.1, 0.15) is 32.1 Å². The van der Waals surface area contributed by atoms with Crippen LogP contribution in [0, 0.1) is 17.4 Å². The summed E-state index contributed by atoms with van der Waals surface area (Å²) < 4.78 is 5.35. The second kappa shape index (κ2) is 7.29. The molecule has 98 valence electrons. The van der Waals surface area contributed by atoms with Gasteiger partial charge in [0.15, 0.2) is 6.19 Å². The first-order chi connectivity index (χ1) is 8.90. The molecule has 6 heteroatoms. The standard InChI is InChI=1S/C12H18N4OS/c13-9-16(12-15-14-10-18-12)6-2-1-3-11-4-7-17-8-5-11/h10-11H,1-8H2. The maximum absolute atomic E-state index is 9.04. The lowest BCUT2D eigenvalue weighted by Gasteiger charge is -2.22. The van der Waals surface area contributed by atoms with Crippen molar-refractivity contribution in [3.8, 4) is 6.19 Å². The zero-order valence-electron chi connectivity index (χ0n) is 10.4. The highest BCUT2D eigenvalue weighted by Gasteiger charge is 2.14. The highest BCUT2D eigenvalue weighted by atomic mass is 32.1. The van der Waals surface area contributed by atoms with Crippen LogP contribution in [0.2, 0.25) is 0 Å². The Hall–Kier alpha value is -1.19. The third-order valence-electron chi connectivity index (χ3n) is 3.29. The molecule has 0 saturated carbocycles. The van der Waals surface area contributed by atoms with Gasteiger partial charge < -0.3 is 4.74 Å². The molecule has 1 saturated heterocycles. The van der Waals surface area contributed by atoms with Crippen LogP contribution >= 0.6 is 11.3 Å². The smallest absolute Gasteiger partial charge is 0.221 e. The molecule has 1 aliphatic heterocycles. The van der Waals surface area contributed by atoms with Crippen LogP contribution < -0.4 is 4.90 Å². The second-order valence-corrected chi connectivity index (χ2v) is 5.34. The average Bonchev–Trinajstić information content (AvgIpc) is 2.94. The lowest BCUT2D eigenvalue weighted by atomic mass is 9.94. The Balaban J connectivity index is 1.63. The van der Waals surface area contributed by atoms with Crippen LogP contribution in [0.5, 0.6) is 0 Å². The van der Waals surface area contributed by atoms with Crippen molar-refractivity contribution in [2.75, 3.05) is 24.7 Å². The highest BCUT2D eigenvalue weighted by molar-refractivity contribution is 7.13. The molecule has 0 spiro atoms. The molecule has 0 radical (unpaired) electrons. The molecular formula is C12H18N4OS. The number of ether oxygens (including phenoxy) is 1. The third-order valence-corrected chi connectivity index (χ3v) is 4.00. The number of nitrogens with zero attached hydrogens (tertiary/aromatic N) is 4. The summed E-state index contributed by atoms with van der Waals surface area (Å²) in [6.07, 6.45) is 8.00. The summed E-state index contributed by atoms with van der Waals surface area (Å²) in [4.78, 5) is 1.63. The molecule has 2 heterocycles. The Labute approximate surface area is 111 Å². The first-order valence-electron chi connectivity index (χ1n) is 6.41. The topological polar surface area (TPSA) is 62.0 Å². The van der Waals surface area contributed by atoms with Crippen LogP contribution in [-0.4, -0.2) is 30.0 Å². The number of nitriles is 1. The van der Waals surface area contributed by atoms with Crippen LogP contribution in [0.25, 0.3) is 0 Å². The molecule has 1 fully saturated rings. The quantitative estimate of drug-likeness (QED) is 0.449. The Bertz CT molecular complexity index is 370. The number of rotatable bonds is 6. The fraction of sp³-hybridized carbons (Fsp3) is 0.750. The van der Waals surface area contributed by atoms with Gasteiger partial charge in [-0.2, -0.15) is 5.26 Å². The predicted molar refractivity (Wildman–Crippen MR) is 70.3 cm³/mol. The van der Waals surface area contributed by atoms with Crippen molar-refractivity contribution in [3.63, 3.8) is 0 Å². The molecule has 1 aliphatic rings. The van der Waals surface area contributed by atoms with E-state index in [-0.39, 0.29) is 0 Å². The van der Waals surface area contributed by atoms with E-state index in [0.717, 1.165) is 32.1 Å².